The molecule has 0 amide bonds. The van der Waals surface area contributed by atoms with Crippen LogP contribution in [0.1, 0.15) is 45.5 Å². The molecule has 0 bridgehead atoms. The van der Waals surface area contributed by atoms with Crippen LogP contribution in [0.5, 0.6) is 0 Å². The molecule has 0 radical (unpaired) electrons. The Kier molecular flexibility index (Phi) is 5.10. The summed E-state index contributed by atoms with van der Waals surface area (Å²) >= 11 is 0. The molecule has 0 saturated carbocycles. The molecule has 2 aliphatic rings. The van der Waals surface area contributed by atoms with E-state index >= 15 is 0 Å². The molecule has 6 rings (SSSR count). The lowest BCUT2D eigenvalue weighted by Gasteiger charge is -2.34. The Morgan fingerprint density at radius 3 is 1.69 bits per heavy atom. The average molecular weight is 417 g/mol. The maximum absolute atomic E-state index is 3.85. The summed E-state index contributed by atoms with van der Waals surface area (Å²) in [5.74, 6) is 0. The van der Waals surface area contributed by atoms with E-state index in [0.717, 1.165) is 25.9 Å². The van der Waals surface area contributed by atoms with Crippen LogP contribution < -0.4 is 10.6 Å². The first-order valence-corrected chi connectivity index (χ1v) is 11.7. The molecule has 4 aromatic carbocycles. The summed E-state index contributed by atoms with van der Waals surface area (Å²) in [6.45, 7) is 2.02. The van der Waals surface area contributed by atoms with E-state index in [9.17, 15) is 0 Å². The molecule has 32 heavy (non-hydrogen) atoms. The molecule has 2 unspecified atom stereocenters. The average Bonchev–Trinajstić information content (AvgIpc) is 2.88. The molecule has 0 spiro atoms. The van der Waals surface area contributed by atoms with E-state index < -0.39 is 0 Å². The van der Waals surface area contributed by atoms with Crippen LogP contribution in [0.2, 0.25) is 0 Å². The standard InChI is InChI=1S/C30H28N2/c1-2-8-21(9-3-1)24-14-15-27(29-25-12-6-4-10-22(25)16-18-31-29)28(20-24)30-26-13-7-5-11-23(26)17-19-32-30/h1-15,20,29-32H,16-19H2. The van der Waals surface area contributed by atoms with Gasteiger partial charge in [-0.25, -0.2) is 0 Å². The predicted molar refractivity (Wildman–Crippen MR) is 132 cm³/mol. The minimum atomic E-state index is 0.203. The predicted octanol–water partition coefficient (Wildman–Crippen LogP) is 5.82. The van der Waals surface area contributed by atoms with Gasteiger partial charge >= 0.3 is 0 Å². The second kappa shape index (κ2) is 8.38. The zero-order chi connectivity index (χ0) is 21.3. The lowest BCUT2D eigenvalue weighted by Crippen LogP contribution is -2.35. The number of hydrogen-bond acceptors (Lipinski definition) is 2. The lowest BCUT2D eigenvalue weighted by molar-refractivity contribution is 0.535. The summed E-state index contributed by atoms with van der Waals surface area (Å²) in [6, 6.07) is 36.1. The summed E-state index contributed by atoms with van der Waals surface area (Å²) in [4.78, 5) is 0. The SMILES string of the molecule is c1ccc(-c2ccc(C3NCCc4ccccc43)c(C3NCCc4ccccc43)c2)cc1. The van der Waals surface area contributed by atoms with E-state index in [1.807, 2.05) is 0 Å². The maximum Gasteiger partial charge on any atom is 0.0583 e. The van der Waals surface area contributed by atoms with Crippen LogP contribution in [0.25, 0.3) is 11.1 Å². The third-order valence-corrected chi connectivity index (χ3v) is 7.03. The Labute approximate surface area is 190 Å². The highest BCUT2D eigenvalue weighted by atomic mass is 14.9. The van der Waals surface area contributed by atoms with Crippen LogP contribution in [-0.4, -0.2) is 13.1 Å². The van der Waals surface area contributed by atoms with Crippen molar-refractivity contribution in [3.05, 3.63) is 130 Å². The molecule has 0 fully saturated rings. The van der Waals surface area contributed by atoms with Crippen molar-refractivity contribution >= 4 is 0 Å². The van der Waals surface area contributed by atoms with E-state index in [1.54, 1.807) is 0 Å². The molecule has 2 heteroatoms. The van der Waals surface area contributed by atoms with Crippen LogP contribution in [-0.2, 0) is 12.8 Å². The van der Waals surface area contributed by atoms with Gasteiger partial charge in [-0.3, -0.25) is 0 Å². The monoisotopic (exact) mass is 416 g/mol. The largest absolute Gasteiger partial charge is 0.306 e. The fourth-order valence-electron chi connectivity index (χ4n) is 5.46. The zero-order valence-electron chi connectivity index (χ0n) is 18.2. The van der Waals surface area contributed by atoms with Gasteiger partial charge < -0.3 is 10.6 Å². The van der Waals surface area contributed by atoms with Crippen molar-refractivity contribution in [3.8, 4) is 11.1 Å². The third kappa shape index (κ3) is 3.46. The van der Waals surface area contributed by atoms with Crippen molar-refractivity contribution in [2.75, 3.05) is 13.1 Å². The third-order valence-electron chi connectivity index (χ3n) is 7.03. The number of nitrogens with one attached hydrogen (secondary N) is 2. The van der Waals surface area contributed by atoms with Crippen LogP contribution >= 0.6 is 0 Å². The highest BCUT2D eigenvalue weighted by Gasteiger charge is 2.29. The minimum absolute atomic E-state index is 0.203. The Hall–Kier alpha value is -3.20. The second-order valence-corrected chi connectivity index (χ2v) is 8.88. The van der Waals surface area contributed by atoms with Gasteiger partial charge in [-0.05, 0) is 63.4 Å². The first-order valence-electron chi connectivity index (χ1n) is 11.7. The van der Waals surface area contributed by atoms with E-state index in [4.69, 9.17) is 0 Å². The van der Waals surface area contributed by atoms with E-state index in [-0.39, 0.29) is 12.1 Å². The summed E-state index contributed by atoms with van der Waals surface area (Å²) in [5.41, 5.74) is 11.1. The number of benzene rings is 4. The van der Waals surface area contributed by atoms with E-state index in [2.05, 4.69) is 108 Å². The first-order chi connectivity index (χ1) is 15.9. The minimum Gasteiger partial charge on any atom is -0.306 e. The molecular formula is C30H28N2. The normalized spacial score (nSPS) is 19.8. The van der Waals surface area contributed by atoms with Crippen LogP contribution in [0, 0.1) is 0 Å². The highest BCUT2D eigenvalue weighted by molar-refractivity contribution is 5.66. The smallest absolute Gasteiger partial charge is 0.0583 e. The molecular weight excluding hydrogens is 388 g/mol. The fourth-order valence-corrected chi connectivity index (χ4v) is 5.46. The molecule has 2 atom stereocenters. The Bertz CT molecular complexity index is 1240. The van der Waals surface area contributed by atoms with Crippen molar-refractivity contribution in [3.63, 3.8) is 0 Å². The molecule has 2 aliphatic heterocycles. The maximum atomic E-state index is 3.85. The highest BCUT2D eigenvalue weighted by Crippen LogP contribution is 2.39. The van der Waals surface area contributed by atoms with Crippen molar-refractivity contribution in [1.82, 2.24) is 10.6 Å². The second-order valence-electron chi connectivity index (χ2n) is 8.88. The molecule has 2 N–H and O–H groups in total. The number of rotatable bonds is 3. The Morgan fingerprint density at radius 2 is 1.03 bits per heavy atom. The van der Waals surface area contributed by atoms with Gasteiger partial charge in [-0.1, -0.05) is 91.0 Å². The van der Waals surface area contributed by atoms with Crippen LogP contribution in [0.3, 0.4) is 0 Å². The molecule has 2 heterocycles. The number of fused-ring (bicyclic) bond motifs is 2. The molecule has 2 nitrogen and oxygen atoms in total. The molecule has 0 aromatic heterocycles. The Morgan fingerprint density at radius 1 is 0.469 bits per heavy atom. The van der Waals surface area contributed by atoms with Crippen molar-refractivity contribution < 1.29 is 0 Å². The van der Waals surface area contributed by atoms with Gasteiger partial charge in [0.15, 0.2) is 0 Å². The zero-order valence-corrected chi connectivity index (χ0v) is 18.2. The number of hydrogen-bond donors (Lipinski definition) is 2. The van der Waals surface area contributed by atoms with Crippen molar-refractivity contribution in [1.29, 1.82) is 0 Å². The summed E-state index contributed by atoms with van der Waals surface area (Å²) in [6.07, 6.45) is 2.18. The molecule has 0 aliphatic carbocycles. The fraction of sp³-hybridized carbons (Fsp3) is 0.200. The van der Waals surface area contributed by atoms with Gasteiger partial charge in [0.1, 0.15) is 0 Å². The van der Waals surface area contributed by atoms with Crippen LogP contribution in [0.15, 0.2) is 97.1 Å². The van der Waals surface area contributed by atoms with Gasteiger partial charge in [0, 0.05) is 13.1 Å². The van der Waals surface area contributed by atoms with Gasteiger partial charge in [-0.15, -0.1) is 0 Å². The first kappa shape index (κ1) is 19.5. The summed E-state index contributed by atoms with van der Waals surface area (Å²) in [7, 11) is 0. The summed E-state index contributed by atoms with van der Waals surface area (Å²) in [5, 5.41) is 7.67. The van der Waals surface area contributed by atoms with Crippen molar-refractivity contribution in [2.24, 2.45) is 0 Å². The molecule has 158 valence electrons. The van der Waals surface area contributed by atoms with Gasteiger partial charge in [-0.2, -0.15) is 0 Å². The van der Waals surface area contributed by atoms with E-state index in [0.29, 0.717) is 0 Å². The van der Waals surface area contributed by atoms with Gasteiger partial charge in [0.2, 0.25) is 0 Å². The van der Waals surface area contributed by atoms with Gasteiger partial charge in [0.05, 0.1) is 12.1 Å². The quantitative estimate of drug-likeness (QED) is 0.439. The molecule has 0 saturated heterocycles. The van der Waals surface area contributed by atoms with Crippen LogP contribution in [0.4, 0.5) is 0 Å². The Balaban J connectivity index is 1.54. The van der Waals surface area contributed by atoms with E-state index in [1.165, 1.54) is 44.5 Å². The topological polar surface area (TPSA) is 24.1 Å². The lowest BCUT2D eigenvalue weighted by atomic mass is 9.81. The summed E-state index contributed by atoms with van der Waals surface area (Å²) < 4.78 is 0. The van der Waals surface area contributed by atoms with Crippen molar-refractivity contribution in [2.45, 2.75) is 24.9 Å². The van der Waals surface area contributed by atoms with Gasteiger partial charge in [0.25, 0.3) is 0 Å². The molecule has 4 aromatic rings.